The predicted octanol–water partition coefficient (Wildman–Crippen LogP) is 3.86. The smallest absolute Gasteiger partial charge is 0.284 e. The van der Waals surface area contributed by atoms with Crippen LogP contribution >= 0.6 is 0 Å². The molecule has 28 heavy (non-hydrogen) atoms. The van der Waals surface area contributed by atoms with E-state index in [0.717, 1.165) is 12.1 Å². The van der Waals surface area contributed by atoms with Gasteiger partial charge in [-0.2, -0.15) is 13.2 Å². The number of pyridine rings is 2. The van der Waals surface area contributed by atoms with Crippen LogP contribution in [0.25, 0.3) is 22.3 Å². The minimum atomic E-state index is -4.43. The monoisotopic (exact) mass is 384 g/mol. The van der Waals surface area contributed by atoms with Crippen molar-refractivity contribution in [2.45, 2.75) is 12.7 Å². The lowest BCUT2D eigenvalue weighted by Crippen LogP contribution is -2.23. The fourth-order valence-electron chi connectivity index (χ4n) is 3.12. The summed E-state index contributed by atoms with van der Waals surface area (Å²) in [7, 11) is 1.61. The molecule has 0 atom stereocenters. The first-order valence-corrected chi connectivity index (χ1v) is 8.47. The van der Waals surface area contributed by atoms with E-state index in [-0.39, 0.29) is 12.2 Å². The molecule has 0 amide bonds. The Hall–Kier alpha value is -3.42. The predicted molar refractivity (Wildman–Crippen MR) is 98.8 cm³/mol. The third-order valence-corrected chi connectivity index (χ3v) is 4.54. The van der Waals surface area contributed by atoms with Gasteiger partial charge in [-0.3, -0.25) is 14.1 Å². The molecule has 3 aromatic heterocycles. The number of benzene rings is 1. The molecule has 0 bridgehead atoms. The van der Waals surface area contributed by atoms with Crippen LogP contribution in [-0.4, -0.2) is 19.1 Å². The maximum Gasteiger partial charge on any atom is 0.416 e. The zero-order valence-electron chi connectivity index (χ0n) is 14.8. The summed E-state index contributed by atoms with van der Waals surface area (Å²) in [5, 5.41) is 0. The van der Waals surface area contributed by atoms with Crippen molar-refractivity contribution in [3.63, 3.8) is 0 Å². The highest BCUT2D eigenvalue weighted by Crippen LogP contribution is 2.32. The van der Waals surface area contributed by atoms with E-state index >= 15 is 0 Å². The van der Waals surface area contributed by atoms with E-state index in [9.17, 15) is 18.0 Å². The second-order valence-electron chi connectivity index (χ2n) is 6.39. The minimum Gasteiger partial charge on any atom is -0.284 e. The maximum absolute atomic E-state index is 13.0. The number of hydrogen-bond acceptors (Lipinski definition) is 3. The molecular formula is C20H15F3N4O. The molecule has 0 radical (unpaired) electrons. The van der Waals surface area contributed by atoms with Crippen LogP contribution in [0.3, 0.4) is 0 Å². The number of hydrogen-bond donors (Lipinski definition) is 0. The van der Waals surface area contributed by atoms with Gasteiger partial charge in [0.2, 0.25) is 0 Å². The molecular weight excluding hydrogens is 369 g/mol. The molecule has 8 heteroatoms. The molecule has 4 rings (SSSR count). The second-order valence-corrected chi connectivity index (χ2v) is 6.39. The quantitative estimate of drug-likeness (QED) is 0.539. The van der Waals surface area contributed by atoms with Gasteiger partial charge in [0.15, 0.2) is 5.65 Å². The van der Waals surface area contributed by atoms with Crippen molar-refractivity contribution in [3.8, 4) is 11.1 Å². The van der Waals surface area contributed by atoms with Gasteiger partial charge in [-0.25, -0.2) is 9.78 Å². The average Bonchev–Trinajstić information content (AvgIpc) is 2.93. The van der Waals surface area contributed by atoms with Crippen LogP contribution in [0.5, 0.6) is 0 Å². The summed E-state index contributed by atoms with van der Waals surface area (Å²) >= 11 is 0. The van der Waals surface area contributed by atoms with Gasteiger partial charge in [-0.1, -0.05) is 18.2 Å². The van der Waals surface area contributed by atoms with Gasteiger partial charge in [-0.05, 0) is 35.9 Å². The summed E-state index contributed by atoms with van der Waals surface area (Å²) in [6.45, 7) is 0.241. The Labute approximate surface area is 157 Å². The Kier molecular flexibility index (Phi) is 4.26. The Balaban J connectivity index is 1.85. The number of nitrogens with zero attached hydrogens (tertiary/aromatic N) is 4. The number of halogens is 3. The third-order valence-electron chi connectivity index (χ3n) is 4.54. The molecule has 4 aromatic rings. The van der Waals surface area contributed by atoms with E-state index in [1.807, 2.05) is 6.07 Å². The number of aromatic nitrogens is 4. The van der Waals surface area contributed by atoms with Gasteiger partial charge < -0.3 is 0 Å². The largest absolute Gasteiger partial charge is 0.416 e. The average molecular weight is 384 g/mol. The Morgan fingerprint density at radius 1 is 1.00 bits per heavy atom. The molecule has 0 saturated heterocycles. The van der Waals surface area contributed by atoms with Crippen molar-refractivity contribution in [2.24, 2.45) is 7.05 Å². The van der Waals surface area contributed by atoms with Gasteiger partial charge in [0.05, 0.1) is 23.3 Å². The van der Waals surface area contributed by atoms with Crippen molar-refractivity contribution in [2.75, 3.05) is 0 Å². The molecule has 0 N–H and O–H groups in total. The van der Waals surface area contributed by atoms with Crippen LogP contribution in [0.1, 0.15) is 11.3 Å². The first-order chi connectivity index (χ1) is 13.3. The molecule has 0 fully saturated rings. The SMILES string of the molecule is Cn1c(=O)n(Cc2ccccn2)c2cc(-c3cccc(C(F)(F)F)c3)cnc21. The summed E-state index contributed by atoms with van der Waals surface area (Å²) in [5.74, 6) is 0. The van der Waals surface area contributed by atoms with Gasteiger partial charge in [-0.15, -0.1) is 0 Å². The minimum absolute atomic E-state index is 0.241. The van der Waals surface area contributed by atoms with Crippen LogP contribution < -0.4 is 5.69 Å². The number of fused-ring (bicyclic) bond motifs is 1. The molecule has 0 aliphatic rings. The highest BCUT2D eigenvalue weighted by atomic mass is 19.4. The van der Waals surface area contributed by atoms with E-state index in [0.29, 0.717) is 28.0 Å². The fourth-order valence-corrected chi connectivity index (χ4v) is 3.12. The van der Waals surface area contributed by atoms with Crippen LogP contribution in [0.15, 0.2) is 65.7 Å². The summed E-state index contributed by atoms with van der Waals surface area (Å²) in [4.78, 5) is 21.2. The lowest BCUT2D eigenvalue weighted by Gasteiger charge is -2.09. The van der Waals surface area contributed by atoms with E-state index in [1.54, 1.807) is 37.5 Å². The lowest BCUT2D eigenvalue weighted by molar-refractivity contribution is -0.137. The zero-order valence-corrected chi connectivity index (χ0v) is 14.8. The summed E-state index contributed by atoms with van der Waals surface area (Å²) in [5.41, 5.74) is 1.56. The first kappa shape index (κ1) is 18.0. The van der Waals surface area contributed by atoms with E-state index in [1.165, 1.54) is 21.4 Å². The Bertz CT molecular complexity index is 1210. The van der Waals surface area contributed by atoms with Crippen molar-refractivity contribution >= 4 is 11.2 Å². The van der Waals surface area contributed by atoms with Gasteiger partial charge in [0.25, 0.3) is 0 Å². The Morgan fingerprint density at radius 2 is 1.82 bits per heavy atom. The molecule has 0 unspecified atom stereocenters. The summed E-state index contributed by atoms with van der Waals surface area (Å²) in [6, 6.07) is 12.1. The highest BCUT2D eigenvalue weighted by Gasteiger charge is 2.30. The van der Waals surface area contributed by atoms with Crippen LogP contribution in [0, 0.1) is 0 Å². The summed E-state index contributed by atoms with van der Waals surface area (Å²) < 4.78 is 42.0. The van der Waals surface area contributed by atoms with Crippen LogP contribution in [-0.2, 0) is 19.8 Å². The number of aryl methyl sites for hydroxylation is 1. The van der Waals surface area contributed by atoms with Crippen LogP contribution in [0.4, 0.5) is 13.2 Å². The standard InChI is InChI=1S/C20H15F3N4O/c1-26-18-17(27(19(26)28)12-16-7-2-3-8-24-16)10-14(11-25-18)13-5-4-6-15(9-13)20(21,22)23/h2-11H,12H2,1H3. The van der Waals surface area contributed by atoms with Gasteiger partial charge in [0, 0.05) is 25.0 Å². The van der Waals surface area contributed by atoms with Crippen LogP contribution in [0.2, 0.25) is 0 Å². The molecule has 0 aliphatic heterocycles. The number of alkyl halides is 3. The molecule has 5 nitrogen and oxygen atoms in total. The maximum atomic E-state index is 13.0. The van der Waals surface area contributed by atoms with Gasteiger partial charge >= 0.3 is 11.9 Å². The molecule has 1 aromatic carbocycles. The normalized spacial score (nSPS) is 11.9. The van der Waals surface area contributed by atoms with E-state index < -0.39 is 11.7 Å². The molecule has 0 spiro atoms. The second kappa shape index (κ2) is 6.63. The highest BCUT2D eigenvalue weighted by molar-refractivity contribution is 5.79. The lowest BCUT2D eigenvalue weighted by atomic mass is 10.0. The number of rotatable bonds is 3. The fraction of sp³-hybridized carbons (Fsp3) is 0.150. The van der Waals surface area contributed by atoms with Crippen molar-refractivity contribution in [1.82, 2.24) is 19.1 Å². The molecule has 3 heterocycles. The molecule has 0 saturated carbocycles. The molecule has 0 aliphatic carbocycles. The topological polar surface area (TPSA) is 52.7 Å². The third kappa shape index (κ3) is 3.17. The van der Waals surface area contributed by atoms with E-state index in [2.05, 4.69) is 9.97 Å². The van der Waals surface area contributed by atoms with E-state index in [4.69, 9.17) is 0 Å². The Morgan fingerprint density at radius 3 is 2.54 bits per heavy atom. The van der Waals surface area contributed by atoms with Gasteiger partial charge in [0.1, 0.15) is 0 Å². The van der Waals surface area contributed by atoms with Crippen molar-refractivity contribution in [3.05, 3.63) is 82.7 Å². The van der Waals surface area contributed by atoms with Crippen molar-refractivity contribution < 1.29 is 13.2 Å². The zero-order chi connectivity index (χ0) is 19.9. The summed E-state index contributed by atoms with van der Waals surface area (Å²) in [6.07, 6.45) is -1.32. The number of imidazole rings is 1. The van der Waals surface area contributed by atoms with Crippen molar-refractivity contribution in [1.29, 1.82) is 0 Å². The molecule has 142 valence electrons. The first-order valence-electron chi connectivity index (χ1n) is 8.47.